The van der Waals surface area contributed by atoms with E-state index in [9.17, 15) is 0 Å². The SMILES string of the molecule is CSCC(C)n1c(C(C)(C)C)nc2cc(N)ccc21. The maximum Gasteiger partial charge on any atom is 0.115 e. The summed E-state index contributed by atoms with van der Waals surface area (Å²) < 4.78 is 2.37. The molecule has 3 nitrogen and oxygen atoms in total. The molecule has 0 bridgehead atoms. The molecule has 1 aromatic carbocycles. The lowest BCUT2D eigenvalue weighted by atomic mass is 9.95. The smallest absolute Gasteiger partial charge is 0.115 e. The number of imidazole rings is 1. The summed E-state index contributed by atoms with van der Waals surface area (Å²) in [6.45, 7) is 8.88. The van der Waals surface area contributed by atoms with Crippen LogP contribution in [0, 0.1) is 0 Å². The third-order valence-electron chi connectivity index (χ3n) is 3.23. The molecule has 0 spiro atoms. The predicted molar refractivity (Wildman–Crippen MR) is 85.9 cm³/mol. The first kappa shape index (κ1) is 14.3. The van der Waals surface area contributed by atoms with Crippen molar-refractivity contribution in [3.8, 4) is 0 Å². The second-order valence-corrected chi connectivity index (χ2v) is 7.02. The summed E-state index contributed by atoms with van der Waals surface area (Å²) >= 11 is 1.87. The number of benzene rings is 1. The fourth-order valence-electron chi connectivity index (χ4n) is 2.41. The third kappa shape index (κ3) is 2.73. The van der Waals surface area contributed by atoms with Gasteiger partial charge in [0.25, 0.3) is 0 Å². The zero-order valence-electron chi connectivity index (χ0n) is 12.4. The van der Waals surface area contributed by atoms with E-state index in [0.717, 1.165) is 22.8 Å². The predicted octanol–water partition coefficient (Wildman–Crippen LogP) is 3.84. The number of nitrogens with zero attached hydrogens (tertiary/aromatic N) is 2. The molecule has 0 radical (unpaired) electrons. The molecule has 0 saturated carbocycles. The molecular weight excluding hydrogens is 254 g/mol. The highest BCUT2D eigenvalue weighted by Gasteiger charge is 2.25. The number of thioether (sulfide) groups is 1. The van der Waals surface area contributed by atoms with Crippen molar-refractivity contribution < 1.29 is 0 Å². The number of aromatic nitrogens is 2. The number of nitrogens with two attached hydrogens (primary N) is 1. The van der Waals surface area contributed by atoms with Crippen LogP contribution in [0.15, 0.2) is 18.2 Å². The summed E-state index contributed by atoms with van der Waals surface area (Å²) in [5.41, 5.74) is 8.85. The van der Waals surface area contributed by atoms with Crippen LogP contribution in [0.3, 0.4) is 0 Å². The van der Waals surface area contributed by atoms with E-state index in [1.807, 2.05) is 23.9 Å². The first-order chi connectivity index (χ1) is 8.84. The van der Waals surface area contributed by atoms with E-state index in [1.54, 1.807) is 0 Å². The monoisotopic (exact) mass is 277 g/mol. The Hall–Kier alpha value is -1.16. The highest BCUT2D eigenvalue weighted by atomic mass is 32.2. The Labute approximate surface area is 119 Å². The average Bonchev–Trinajstić information content (AvgIpc) is 2.67. The van der Waals surface area contributed by atoms with Gasteiger partial charge in [0.2, 0.25) is 0 Å². The van der Waals surface area contributed by atoms with Crippen molar-refractivity contribution in [2.75, 3.05) is 17.7 Å². The van der Waals surface area contributed by atoms with Crippen LogP contribution in [0.5, 0.6) is 0 Å². The van der Waals surface area contributed by atoms with Crippen molar-refractivity contribution in [2.45, 2.75) is 39.2 Å². The molecule has 0 aliphatic carbocycles. The molecule has 0 aliphatic heterocycles. The molecule has 19 heavy (non-hydrogen) atoms. The van der Waals surface area contributed by atoms with Gasteiger partial charge < -0.3 is 10.3 Å². The first-order valence-corrected chi connectivity index (χ1v) is 8.01. The summed E-state index contributed by atoms with van der Waals surface area (Å²) in [5, 5.41) is 0. The van der Waals surface area contributed by atoms with E-state index in [2.05, 4.69) is 44.6 Å². The van der Waals surface area contributed by atoms with Gasteiger partial charge in [0.05, 0.1) is 11.0 Å². The molecule has 2 N–H and O–H groups in total. The van der Waals surface area contributed by atoms with E-state index in [1.165, 1.54) is 5.52 Å². The second-order valence-electron chi connectivity index (χ2n) is 6.11. The summed E-state index contributed by atoms with van der Waals surface area (Å²) in [5.74, 6) is 2.22. The van der Waals surface area contributed by atoms with Gasteiger partial charge in [0.15, 0.2) is 0 Å². The lowest BCUT2D eigenvalue weighted by Crippen LogP contribution is -2.22. The van der Waals surface area contributed by atoms with Gasteiger partial charge in [-0.05, 0) is 31.4 Å². The minimum Gasteiger partial charge on any atom is -0.399 e. The number of fused-ring (bicyclic) bond motifs is 1. The Kier molecular flexibility index (Phi) is 3.81. The molecule has 0 amide bonds. The van der Waals surface area contributed by atoms with Crippen molar-refractivity contribution in [3.63, 3.8) is 0 Å². The lowest BCUT2D eigenvalue weighted by Gasteiger charge is -2.24. The van der Waals surface area contributed by atoms with Gasteiger partial charge in [0, 0.05) is 22.9 Å². The van der Waals surface area contributed by atoms with E-state index in [4.69, 9.17) is 10.7 Å². The normalized spacial score (nSPS) is 13.9. The average molecular weight is 277 g/mol. The van der Waals surface area contributed by atoms with Crippen LogP contribution >= 0.6 is 11.8 Å². The molecule has 4 heteroatoms. The molecule has 0 fully saturated rings. The molecule has 2 aromatic rings. The molecule has 1 heterocycles. The molecule has 104 valence electrons. The summed E-state index contributed by atoms with van der Waals surface area (Å²) in [6, 6.07) is 6.44. The van der Waals surface area contributed by atoms with Gasteiger partial charge >= 0.3 is 0 Å². The first-order valence-electron chi connectivity index (χ1n) is 6.61. The molecule has 0 saturated heterocycles. The van der Waals surface area contributed by atoms with Crippen molar-refractivity contribution in [1.29, 1.82) is 0 Å². The van der Waals surface area contributed by atoms with Gasteiger partial charge in [-0.2, -0.15) is 11.8 Å². The van der Waals surface area contributed by atoms with E-state index in [-0.39, 0.29) is 5.41 Å². The Morgan fingerprint density at radius 3 is 2.63 bits per heavy atom. The zero-order chi connectivity index (χ0) is 14.2. The van der Waals surface area contributed by atoms with Gasteiger partial charge in [-0.3, -0.25) is 0 Å². The molecule has 0 aliphatic rings. The van der Waals surface area contributed by atoms with Crippen molar-refractivity contribution in [1.82, 2.24) is 9.55 Å². The van der Waals surface area contributed by atoms with Crippen LogP contribution in [0.25, 0.3) is 11.0 Å². The minimum atomic E-state index is 0.0282. The third-order valence-corrected chi connectivity index (χ3v) is 4.05. The van der Waals surface area contributed by atoms with Crippen LogP contribution in [0.1, 0.15) is 39.6 Å². The number of anilines is 1. The van der Waals surface area contributed by atoms with Gasteiger partial charge in [-0.1, -0.05) is 20.8 Å². The van der Waals surface area contributed by atoms with Gasteiger partial charge in [-0.15, -0.1) is 0 Å². The molecule has 1 unspecified atom stereocenters. The van der Waals surface area contributed by atoms with Crippen LogP contribution in [0.4, 0.5) is 5.69 Å². The van der Waals surface area contributed by atoms with Crippen LogP contribution in [-0.2, 0) is 5.41 Å². The minimum absolute atomic E-state index is 0.0282. The topological polar surface area (TPSA) is 43.8 Å². The number of rotatable bonds is 3. The van der Waals surface area contributed by atoms with E-state index in [0.29, 0.717) is 6.04 Å². The second kappa shape index (κ2) is 5.08. The van der Waals surface area contributed by atoms with Crippen LogP contribution < -0.4 is 5.73 Å². The van der Waals surface area contributed by atoms with E-state index < -0.39 is 0 Å². The summed E-state index contributed by atoms with van der Waals surface area (Å²) in [7, 11) is 0. The van der Waals surface area contributed by atoms with Crippen molar-refractivity contribution in [2.24, 2.45) is 0 Å². The highest BCUT2D eigenvalue weighted by Crippen LogP contribution is 2.31. The summed E-state index contributed by atoms with van der Waals surface area (Å²) in [4.78, 5) is 4.82. The zero-order valence-corrected chi connectivity index (χ0v) is 13.2. The molecule has 2 rings (SSSR count). The fourth-order valence-corrected chi connectivity index (χ4v) is 3.04. The number of hydrogen-bond donors (Lipinski definition) is 1. The maximum atomic E-state index is 5.87. The van der Waals surface area contributed by atoms with Crippen LogP contribution in [-0.4, -0.2) is 21.6 Å². The quantitative estimate of drug-likeness (QED) is 0.867. The van der Waals surface area contributed by atoms with Gasteiger partial charge in [0.1, 0.15) is 5.82 Å². The molecule has 1 atom stereocenters. The Bertz CT molecular complexity index is 581. The maximum absolute atomic E-state index is 5.87. The summed E-state index contributed by atoms with van der Waals surface area (Å²) in [6.07, 6.45) is 2.14. The fraction of sp³-hybridized carbons (Fsp3) is 0.533. The largest absolute Gasteiger partial charge is 0.399 e. The Morgan fingerprint density at radius 2 is 2.05 bits per heavy atom. The number of nitrogen functional groups attached to an aromatic ring is 1. The van der Waals surface area contributed by atoms with Crippen molar-refractivity contribution in [3.05, 3.63) is 24.0 Å². The van der Waals surface area contributed by atoms with Gasteiger partial charge in [-0.25, -0.2) is 4.98 Å². The number of hydrogen-bond acceptors (Lipinski definition) is 3. The van der Waals surface area contributed by atoms with Crippen molar-refractivity contribution >= 4 is 28.5 Å². The lowest BCUT2D eigenvalue weighted by molar-refractivity contribution is 0.480. The molecule has 1 aromatic heterocycles. The van der Waals surface area contributed by atoms with Crippen LogP contribution in [0.2, 0.25) is 0 Å². The highest BCUT2D eigenvalue weighted by molar-refractivity contribution is 7.98. The Balaban J connectivity index is 2.68. The van der Waals surface area contributed by atoms with E-state index >= 15 is 0 Å². The molecular formula is C15H23N3S. The standard InChI is InChI=1S/C15H23N3S/c1-10(9-19-5)18-13-7-6-11(16)8-12(13)17-14(18)15(2,3)4/h6-8,10H,9,16H2,1-5H3. The Morgan fingerprint density at radius 1 is 1.37 bits per heavy atom.